The molecule has 2 atom stereocenters. The first-order chi connectivity index (χ1) is 11.1. The Morgan fingerprint density at radius 3 is 2.42 bits per heavy atom. The maximum atomic E-state index is 13.4. The van der Waals surface area contributed by atoms with Crippen LogP contribution in [0.1, 0.15) is 36.2 Å². The van der Waals surface area contributed by atoms with Crippen LogP contribution in [0.15, 0.2) is 18.2 Å². The summed E-state index contributed by atoms with van der Waals surface area (Å²) in [7, 11) is 1.57. The number of hydrogen-bond acceptors (Lipinski definition) is 2. The van der Waals surface area contributed by atoms with Crippen LogP contribution < -0.4 is 0 Å². The monoisotopic (exact) mass is 346 g/mol. The number of carbonyl (C=O) groups excluding carboxylic acids is 1. The minimum Gasteiger partial charge on any atom is -0.339 e. The normalized spacial score (nSPS) is 18.0. The van der Waals surface area contributed by atoms with Crippen molar-refractivity contribution in [3.63, 3.8) is 0 Å². The zero-order valence-corrected chi connectivity index (χ0v) is 14.0. The van der Waals surface area contributed by atoms with Gasteiger partial charge in [-0.25, -0.2) is 4.39 Å². The molecule has 1 aliphatic heterocycles. The molecule has 1 aromatic rings. The second kappa shape index (κ2) is 7.09. The molecule has 24 heavy (non-hydrogen) atoms. The molecule has 7 heteroatoms. The second-order valence-corrected chi connectivity index (χ2v) is 6.48. The van der Waals surface area contributed by atoms with Gasteiger partial charge in [0.05, 0.1) is 5.56 Å². The fraction of sp³-hybridized carbons (Fsp3) is 0.588. The zero-order chi connectivity index (χ0) is 18.1. The molecule has 1 heterocycles. The lowest BCUT2D eigenvalue weighted by molar-refractivity contribution is -0.140. The third-order valence-corrected chi connectivity index (χ3v) is 4.77. The van der Waals surface area contributed by atoms with Crippen LogP contribution in [0.5, 0.6) is 0 Å². The SMILES string of the molecule is CC(CN1CCC1)C(C)N(C)C(=O)c1ccc(F)c(C(F)(F)F)c1. The molecule has 134 valence electrons. The predicted molar refractivity (Wildman–Crippen MR) is 83.2 cm³/mol. The Morgan fingerprint density at radius 1 is 1.29 bits per heavy atom. The summed E-state index contributed by atoms with van der Waals surface area (Å²) in [6, 6.07) is 2.23. The van der Waals surface area contributed by atoms with Gasteiger partial charge < -0.3 is 9.80 Å². The maximum Gasteiger partial charge on any atom is 0.419 e. The van der Waals surface area contributed by atoms with Crippen molar-refractivity contribution in [3.8, 4) is 0 Å². The average molecular weight is 346 g/mol. The molecule has 1 aliphatic rings. The van der Waals surface area contributed by atoms with E-state index in [9.17, 15) is 22.4 Å². The number of likely N-dealkylation sites (tertiary alicyclic amines) is 1. The molecular formula is C17H22F4N2O. The van der Waals surface area contributed by atoms with Crippen molar-refractivity contribution in [1.82, 2.24) is 9.80 Å². The lowest BCUT2D eigenvalue weighted by Gasteiger charge is -2.37. The Bertz CT molecular complexity index is 599. The number of rotatable bonds is 5. The van der Waals surface area contributed by atoms with Crippen LogP contribution in [0.3, 0.4) is 0 Å². The van der Waals surface area contributed by atoms with Crippen molar-refractivity contribution in [2.45, 2.75) is 32.5 Å². The zero-order valence-electron chi connectivity index (χ0n) is 14.0. The van der Waals surface area contributed by atoms with Crippen LogP contribution in [-0.2, 0) is 6.18 Å². The van der Waals surface area contributed by atoms with Gasteiger partial charge in [0.25, 0.3) is 5.91 Å². The Labute approximate surface area is 139 Å². The molecule has 0 spiro atoms. The van der Waals surface area contributed by atoms with Crippen molar-refractivity contribution < 1.29 is 22.4 Å². The van der Waals surface area contributed by atoms with E-state index in [1.54, 1.807) is 7.05 Å². The van der Waals surface area contributed by atoms with E-state index in [-0.39, 0.29) is 17.5 Å². The van der Waals surface area contributed by atoms with Gasteiger partial charge in [-0.15, -0.1) is 0 Å². The molecule has 2 unspecified atom stereocenters. The third-order valence-electron chi connectivity index (χ3n) is 4.77. The van der Waals surface area contributed by atoms with E-state index in [1.165, 1.54) is 11.3 Å². The summed E-state index contributed by atoms with van der Waals surface area (Å²) >= 11 is 0. The Kier molecular flexibility index (Phi) is 5.52. The van der Waals surface area contributed by atoms with Gasteiger partial charge in [0.1, 0.15) is 5.82 Å². The van der Waals surface area contributed by atoms with Gasteiger partial charge in [-0.1, -0.05) is 6.92 Å². The van der Waals surface area contributed by atoms with Crippen LogP contribution in [-0.4, -0.2) is 48.4 Å². The van der Waals surface area contributed by atoms with Gasteiger partial charge in [0.2, 0.25) is 0 Å². The van der Waals surface area contributed by atoms with Crippen LogP contribution in [0.25, 0.3) is 0 Å². The van der Waals surface area contributed by atoms with Gasteiger partial charge in [-0.2, -0.15) is 13.2 Å². The van der Waals surface area contributed by atoms with Crippen molar-refractivity contribution in [2.75, 3.05) is 26.7 Å². The smallest absolute Gasteiger partial charge is 0.339 e. The lowest BCUT2D eigenvalue weighted by Crippen LogP contribution is -2.46. The Hall–Kier alpha value is -1.63. The highest BCUT2D eigenvalue weighted by molar-refractivity contribution is 5.94. The lowest BCUT2D eigenvalue weighted by atomic mass is 9.99. The average Bonchev–Trinajstić information content (AvgIpc) is 2.47. The predicted octanol–water partition coefficient (Wildman–Crippen LogP) is 3.65. The minimum absolute atomic E-state index is 0.141. The number of carbonyl (C=O) groups is 1. The van der Waals surface area contributed by atoms with Gasteiger partial charge in [-0.3, -0.25) is 4.79 Å². The number of alkyl halides is 3. The third kappa shape index (κ3) is 4.06. The number of amides is 1. The molecule has 0 saturated carbocycles. The van der Waals surface area contributed by atoms with Gasteiger partial charge >= 0.3 is 6.18 Å². The summed E-state index contributed by atoms with van der Waals surface area (Å²) < 4.78 is 51.8. The van der Waals surface area contributed by atoms with Crippen LogP contribution in [0, 0.1) is 11.7 Å². The molecule has 2 rings (SSSR count). The summed E-state index contributed by atoms with van der Waals surface area (Å²) in [4.78, 5) is 16.2. The molecule has 1 fully saturated rings. The summed E-state index contributed by atoms with van der Waals surface area (Å²) in [5.74, 6) is -1.73. The van der Waals surface area contributed by atoms with Gasteiger partial charge in [-0.05, 0) is 50.6 Å². The van der Waals surface area contributed by atoms with Gasteiger partial charge in [0.15, 0.2) is 0 Å². The molecule has 1 aromatic carbocycles. The highest BCUT2D eigenvalue weighted by Gasteiger charge is 2.35. The van der Waals surface area contributed by atoms with E-state index in [0.29, 0.717) is 12.1 Å². The summed E-state index contributed by atoms with van der Waals surface area (Å²) in [6.45, 7) is 6.81. The van der Waals surface area contributed by atoms with Crippen molar-refractivity contribution >= 4 is 5.91 Å². The summed E-state index contributed by atoms with van der Waals surface area (Å²) in [5, 5.41) is 0. The highest BCUT2D eigenvalue weighted by atomic mass is 19.4. The molecule has 1 amide bonds. The molecule has 0 N–H and O–H groups in total. The van der Waals surface area contributed by atoms with E-state index >= 15 is 0 Å². The largest absolute Gasteiger partial charge is 0.419 e. The molecular weight excluding hydrogens is 324 g/mol. The van der Waals surface area contributed by atoms with Gasteiger partial charge in [0, 0.05) is 25.2 Å². The summed E-state index contributed by atoms with van der Waals surface area (Å²) in [6.07, 6.45) is -3.65. The fourth-order valence-corrected chi connectivity index (χ4v) is 2.77. The van der Waals surface area contributed by atoms with E-state index in [4.69, 9.17) is 0 Å². The van der Waals surface area contributed by atoms with E-state index in [0.717, 1.165) is 25.7 Å². The Morgan fingerprint density at radius 2 is 1.92 bits per heavy atom. The Balaban J connectivity index is 2.12. The molecule has 3 nitrogen and oxygen atoms in total. The second-order valence-electron chi connectivity index (χ2n) is 6.48. The van der Waals surface area contributed by atoms with Crippen LogP contribution >= 0.6 is 0 Å². The first-order valence-electron chi connectivity index (χ1n) is 7.97. The van der Waals surface area contributed by atoms with Crippen LogP contribution in [0.4, 0.5) is 17.6 Å². The molecule has 0 aliphatic carbocycles. The van der Waals surface area contributed by atoms with Crippen molar-refractivity contribution in [2.24, 2.45) is 5.92 Å². The topological polar surface area (TPSA) is 23.6 Å². The maximum absolute atomic E-state index is 13.4. The molecule has 0 aromatic heterocycles. The number of hydrogen-bond donors (Lipinski definition) is 0. The van der Waals surface area contributed by atoms with E-state index in [2.05, 4.69) is 4.90 Å². The fourth-order valence-electron chi connectivity index (χ4n) is 2.77. The van der Waals surface area contributed by atoms with E-state index in [1.807, 2.05) is 13.8 Å². The number of nitrogens with zero attached hydrogens (tertiary/aromatic N) is 2. The minimum atomic E-state index is -4.82. The standard InChI is InChI=1S/C17H22F4N2O/c1-11(10-23-7-4-8-23)12(2)22(3)16(24)13-5-6-15(18)14(9-13)17(19,20)21/h5-6,9,11-12H,4,7-8,10H2,1-3H3. The quantitative estimate of drug-likeness (QED) is 0.760. The number of benzene rings is 1. The van der Waals surface area contributed by atoms with Crippen molar-refractivity contribution in [3.05, 3.63) is 35.1 Å². The first kappa shape index (κ1) is 18.7. The number of halogens is 4. The molecule has 1 saturated heterocycles. The first-order valence-corrected chi connectivity index (χ1v) is 7.97. The summed E-state index contributed by atoms with van der Waals surface area (Å²) in [5.41, 5.74) is -1.57. The van der Waals surface area contributed by atoms with Crippen LogP contribution in [0.2, 0.25) is 0 Å². The molecule has 0 bridgehead atoms. The van der Waals surface area contributed by atoms with Crippen molar-refractivity contribution in [1.29, 1.82) is 0 Å². The highest BCUT2D eigenvalue weighted by Crippen LogP contribution is 2.32. The molecule has 0 radical (unpaired) electrons. The van der Waals surface area contributed by atoms with E-state index < -0.39 is 23.5 Å².